The second kappa shape index (κ2) is 9.72. The van der Waals surface area contributed by atoms with Crippen molar-refractivity contribution in [2.24, 2.45) is 0 Å². The van der Waals surface area contributed by atoms with Crippen molar-refractivity contribution in [3.8, 4) is 0 Å². The first-order chi connectivity index (χ1) is 9.69. The fraction of sp³-hybridized carbons (Fsp3) is 0.688. The highest BCUT2D eigenvalue weighted by Crippen LogP contribution is 2.20. The van der Waals surface area contributed by atoms with Gasteiger partial charge in [0, 0.05) is 13.0 Å². The standard InChI is InChI=1S/C16H26NO3/c1-2-3-4-7-15(19)10-8-14-9-11-16(20)17(14)12-5-6-13-18/h5-6,8,10,14-15,19H,2-4,7,9,11-13H2,1H3/b6-5-,10-8+/t14?,15-/m1/s1. The lowest BCUT2D eigenvalue weighted by molar-refractivity contribution is -0.127. The Hall–Kier alpha value is -1.13. The van der Waals surface area contributed by atoms with E-state index in [0.717, 1.165) is 32.1 Å². The quantitative estimate of drug-likeness (QED) is 0.521. The largest absolute Gasteiger partial charge is 0.389 e. The first kappa shape index (κ1) is 16.9. The Kier molecular flexibility index (Phi) is 8.23. The SMILES string of the molecule is CCCCC[C@@H](O)/C=C/C1CCC(=O)N1C/C=C\C[O]. The van der Waals surface area contributed by atoms with Crippen LogP contribution in [-0.4, -0.2) is 41.2 Å². The van der Waals surface area contributed by atoms with Crippen LogP contribution in [0.25, 0.3) is 0 Å². The third kappa shape index (κ3) is 5.88. The van der Waals surface area contributed by atoms with Crippen molar-refractivity contribution in [1.82, 2.24) is 4.90 Å². The highest BCUT2D eigenvalue weighted by atomic mass is 16.3. The fourth-order valence-electron chi connectivity index (χ4n) is 2.41. The molecule has 0 aromatic rings. The van der Waals surface area contributed by atoms with Gasteiger partial charge in [0.1, 0.15) is 6.61 Å². The zero-order valence-corrected chi connectivity index (χ0v) is 12.3. The van der Waals surface area contributed by atoms with Gasteiger partial charge in [-0.15, -0.1) is 0 Å². The molecule has 1 aliphatic rings. The molecular formula is C16H26NO3. The van der Waals surface area contributed by atoms with Gasteiger partial charge in [0.25, 0.3) is 0 Å². The smallest absolute Gasteiger partial charge is 0.223 e. The van der Waals surface area contributed by atoms with Crippen LogP contribution < -0.4 is 0 Å². The summed E-state index contributed by atoms with van der Waals surface area (Å²) in [4.78, 5) is 13.5. The van der Waals surface area contributed by atoms with Gasteiger partial charge in [-0.05, 0) is 12.8 Å². The average molecular weight is 280 g/mol. The summed E-state index contributed by atoms with van der Waals surface area (Å²) in [6, 6.07) is 0.0552. The molecule has 1 saturated heterocycles. The van der Waals surface area contributed by atoms with Crippen LogP contribution in [0.3, 0.4) is 0 Å². The molecule has 113 valence electrons. The summed E-state index contributed by atoms with van der Waals surface area (Å²) >= 11 is 0. The molecule has 2 atom stereocenters. The molecule has 1 fully saturated rings. The van der Waals surface area contributed by atoms with Crippen molar-refractivity contribution in [3.05, 3.63) is 24.3 Å². The second-order valence-electron chi connectivity index (χ2n) is 5.24. The zero-order valence-electron chi connectivity index (χ0n) is 12.3. The summed E-state index contributed by atoms with van der Waals surface area (Å²) in [6.45, 7) is 2.38. The van der Waals surface area contributed by atoms with Crippen LogP contribution in [0.1, 0.15) is 45.4 Å². The molecule has 1 rings (SSSR count). The monoisotopic (exact) mass is 280 g/mol. The average Bonchev–Trinajstić information content (AvgIpc) is 2.78. The maximum atomic E-state index is 11.8. The second-order valence-corrected chi connectivity index (χ2v) is 5.24. The lowest BCUT2D eigenvalue weighted by Gasteiger charge is -2.21. The predicted molar refractivity (Wildman–Crippen MR) is 78.7 cm³/mol. The summed E-state index contributed by atoms with van der Waals surface area (Å²) in [5.41, 5.74) is 0. The summed E-state index contributed by atoms with van der Waals surface area (Å²) in [7, 11) is 0. The number of aliphatic hydroxyl groups is 1. The number of aliphatic hydroxyl groups excluding tert-OH is 1. The van der Waals surface area contributed by atoms with E-state index in [1.807, 2.05) is 12.2 Å². The molecule has 1 aliphatic heterocycles. The van der Waals surface area contributed by atoms with E-state index in [1.54, 1.807) is 11.0 Å². The molecule has 1 unspecified atom stereocenters. The molecule has 20 heavy (non-hydrogen) atoms. The Morgan fingerprint density at radius 1 is 1.40 bits per heavy atom. The van der Waals surface area contributed by atoms with E-state index >= 15 is 0 Å². The van der Waals surface area contributed by atoms with E-state index in [-0.39, 0.29) is 18.6 Å². The van der Waals surface area contributed by atoms with E-state index in [9.17, 15) is 15.0 Å². The van der Waals surface area contributed by atoms with Crippen molar-refractivity contribution < 1.29 is 15.0 Å². The number of rotatable bonds is 9. The molecule has 0 aliphatic carbocycles. The number of hydrogen-bond acceptors (Lipinski definition) is 2. The van der Waals surface area contributed by atoms with Crippen LogP contribution in [0.4, 0.5) is 0 Å². The molecular weight excluding hydrogens is 254 g/mol. The van der Waals surface area contributed by atoms with Gasteiger partial charge >= 0.3 is 0 Å². The van der Waals surface area contributed by atoms with Crippen molar-refractivity contribution in [2.45, 2.75) is 57.6 Å². The molecule has 1 radical (unpaired) electrons. The molecule has 0 aromatic carbocycles. The fourth-order valence-corrected chi connectivity index (χ4v) is 2.41. The Morgan fingerprint density at radius 2 is 2.20 bits per heavy atom. The van der Waals surface area contributed by atoms with E-state index in [4.69, 9.17) is 0 Å². The van der Waals surface area contributed by atoms with E-state index in [2.05, 4.69) is 6.92 Å². The van der Waals surface area contributed by atoms with Crippen LogP contribution in [0, 0.1) is 0 Å². The maximum absolute atomic E-state index is 11.8. The summed E-state index contributed by atoms with van der Waals surface area (Å²) in [6.07, 6.45) is 12.0. The van der Waals surface area contributed by atoms with Gasteiger partial charge in [-0.3, -0.25) is 4.79 Å². The normalized spacial score (nSPS) is 21.4. The minimum absolute atomic E-state index is 0.0552. The number of nitrogens with zero attached hydrogens (tertiary/aromatic N) is 1. The van der Waals surface area contributed by atoms with Crippen molar-refractivity contribution in [3.63, 3.8) is 0 Å². The molecule has 0 spiro atoms. The molecule has 4 heteroatoms. The van der Waals surface area contributed by atoms with Crippen LogP contribution in [0.2, 0.25) is 0 Å². The first-order valence-electron chi connectivity index (χ1n) is 7.58. The third-order valence-corrected chi connectivity index (χ3v) is 3.60. The third-order valence-electron chi connectivity index (χ3n) is 3.60. The summed E-state index contributed by atoms with van der Waals surface area (Å²) < 4.78 is 0. The summed E-state index contributed by atoms with van der Waals surface area (Å²) in [5, 5.41) is 20.2. The van der Waals surface area contributed by atoms with Gasteiger partial charge in [0.2, 0.25) is 5.91 Å². The number of likely N-dealkylation sites (tertiary alicyclic amines) is 1. The number of hydrogen-bond donors (Lipinski definition) is 1. The number of carbonyl (C=O) groups excluding carboxylic acids is 1. The van der Waals surface area contributed by atoms with Crippen molar-refractivity contribution in [2.75, 3.05) is 13.2 Å². The number of amides is 1. The maximum Gasteiger partial charge on any atom is 0.223 e. The Balaban J connectivity index is 2.43. The first-order valence-corrected chi connectivity index (χ1v) is 7.58. The molecule has 1 N–H and O–H groups in total. The topological polar surface area (TPSA) is 60.4 Å². The zero-order chi connectivity index (χ0) is 14.8. The Labute approximate surface area is 121 Å². The van der Waals surface area contributed by atoms with E-state index in [0.29, 0.717) is 13.0 Å². The highest BCUT2D eigenvalue weighted by molar-refractivity contribution is 5.79. The van der Waals surface area contributed by atoms with Gasteiger partial charge < -0.3 is 10.0 Å². The molecule has 0 aromatic heterocycles. The van der Waals surface area contributed by atoms with Gasteiger partial charge in [0.05, 0.1) is 12.1 Å². The van der Waals surface area contributed by atoms with Gasteiger partial charge in [-0.2, -0.15) is 0 Å². The molecule has 0 saturated carbocycles. The van der Waals surface area contributed by atoms with Crippen LogP contribution in [-0.2, 0) is 9.90 Å². The van der Waals surface area contributed by atoms with Crippen LogP contribution in [0.15, 0.2) is 24.3 Å². The van der Waals surface area contributed by atoms with E-state index < -0.39 is 6.10 Å². The van der Waals surface area contributed by atoms with Crippen molar-refractivity contribution in [1.29, 1.82) is 0 Å². The van der Waals surface area contributed by atoms with Gasteiger partial charge in [-0.25, -0.2) is 5.11 Å². The predicted octanol–water partition coefficient (Wildman–Crippen LogP) is 2.46. The Morgan fingerprint density at radius 3 is 2.90 bits per heavy atom. The molecule has 4 nitrogen and oxygen atoms in total. The minimum Gasteiger partial charge on any atom is -0.389 e. The summed E-state index contributed by atoms with van der Waals surface area (Å²) in [5.74, 6) is 0.121. The minimum atomic E-state index is -0.420. The van der Waals surface area contributed by atoms with Crippen LogP contribution >= 0.6 is 0 Å². The number of carbonyl (C=O) groups is 1. The van der Waals surface area contributed by atoms with Crippen LogP contribution in [0.5, 0.6) is 0 Å². The molecule has 0 bridgehead atoms. The van der Waals surface area contributed by atoms with Gasteiger partial charge in [0.15, 0.2) is 0 Å². The Bertz CT molecular complexity index is 339. The van der Waals surface area contributed by atoms with Crippen molar-refractivity contribution >= 4 is 5.91 Å². The van der Waals surface area contributed by atoms with Gasteiger partial charge in [-0.1, -0.05) is 50.5 Å². The number of unbranched alkanes of at least 4 members (excludes halogenated alkanes) is 2. The lowest BCUT2D eigenvalue weighted by atomic mass is 10.1. The molecule has 1 amide bonds. The lowest BCUT2D eigenvalue weighted by Crippen LogP contribution is -2.32. The van der Waals surface area contributed by atoms with E-state index in [1.165, 1.54) is 6.08 Å². The highest BCUT2D eigenvalue weighted by Gasteiger charge is 2.27. The molecule has 1 heterocycles.